The molecule has 0 spiro atoms. The van der Waals surface area contributed by atoms with E-state index in [1.165, 1.54) is 0 Å². The number of rotatable bonds is 11. The Morgan fingerprint density at radius 2 is 1.95 bits per heavy atom. The number of anilines is 1. The van der Waals surface area contributed by atoms with Crippen molar-refractivity contribution >= 4 is 36.9 Å². The van der Waals surface area contributed by atoms with Crippen molar-refractivity contribution in [1.82, 2.24) is 19.4 Å². The Bertz CT molecular complexity index is 1560. The second-order valence-corrected chi connectivity index (χ2v) is 17.8. The highest BCUT2D eigenvalue weighted by atomic mass is 28.3. The smallest absolute Gasteiger partial charge is 0.410 e. The number of carbonyl (C=O) groups excluding carboxylic acids is 1. The van der Waals surface area contributed by atoms with Gasteiger partial charge in [0, 0.05) is 51.1 Å². The van der Waals surface area contributed by atoms with Crippen molar-refractivity contribution in [2.45, 2.75) is 70.9 Å². The third-order valence-corrected chi connectivity index (χ3v) is 9.34. The number of amides is 1. The van der Waals surface area contributed by atoms with Crippen LogP contribution in [0.4, 0.5) is 10.5 Å². The van der Waals surface area contributed by atoms with Gasteiger partial charge in [-0.3, -0.25) is 0 Å². The second kappa shape index (κ2) is 13.0. The standard InChI is InChI=1S/C31H39N5O6Si/c1-21-10-11-23(17-36(21)31(39)42-18-22-8-6-5-7-9-22)33-27-24-12-13-35(20-40-14-15-43(2,3)4)28(24)32-16-25(27)29-34-26(19-41-29)30(37)38/h5-9,12-13,16,19,21,23H,10-11,14-15,17-18,20H2,1-4H3,(H,32,33)(H,37,38)/t21-,23+/m0/s1. The highest BCUT2D eigenvalue weighted by Gasteiger charge is 2.31. The first-order chi connectivity index (χ1) is 20.6. The zero-order valence-electron chi connectivity index (χ0n) is 25.1. The van der Waals surface area contributed by atoms with Crippen LogP contribution in [0.15, 0.2) is 59.5 Å². The summed E-state index contributed by atoms with van der Waals surface area (Å²) in [6.07, 6.45) is 5.93. The van der Waals surface area contributed by atoms with E-state index in [0.29, 0.717) is 36.8 Å². The molecule has 4 heterocycles. The number of nitrogens with zero attached hydrogens (tertiary/aromatic N) is 4. The van der Waals surface area contributed by atoms with Crippen LogP contribution in [0.25, 0.3) is 22.5 Å². The van der Waals surface area contributed by atoms with Crippen LogP contribution in [0.2, 0.25) is 25.7 Å². The predicted molar refractivity (Wildman–Crippen MR) is 166 cm³/mol. The number of piperidine rings is 1. The maximum absolute atomic E-state index is 13.1. The third kappa shape index (κ3) is 7.44. The molecule has 0 saturated carbocycles. The molecule has 11 nitrogen and oxygen atoms in total. The Kier molecular flexibility index (Phi) is 9.16. The summed E-state index contributed by atoms with van der Waals surface area (Å²) in [6, 6.07) is 12.6. The molecule has 1 amide bonds. The van der Waals surface area contributed by atoms with Gasteiger partial charge in [-0.2, -0.15) is 0 Å². The Hall–Kier alpha value is -4.16. The number of fused-ring (bicyclic) bond motifs is 1. The Balaban J connectivity index is 1.38. The summed E-state index contributed by atoms with van der Waals surface area (Å²) in [5.41, 5.74) is 2.71. The van der Waals surface area contributed by atoms with Gasteiger partial charge in [-0.1, -0.05) is 50.0 Å². The van der Waals surface area contributed by atoms with Crippen molar-refractivity contribution in [1.29, 1.82) is 0 Å². The summed E-state index contributed by atoms with van der Waals surface area (Å²) in [5, 5.41) is 13.8. The van der Waals surface area contributed by atoms with Crippen LogP contribution >= 0.6 is 0 Å². The second-order valence-electron chi connectivity index (χ2n) is 12.2. The van der Waals surface area contributed by atoms with E-state index >= 15 is 0 Å². The van der Waals surface area contributed by atoms with Crippen LogP contribution in [0.1, 0.15) is 35.8 Å². The lowest BCUT2D eigenvalue weighted by atomic mass is 9.99. The molecule has 3 aromatic heterocycles. The maximum atomic E-state index is 13.1. The number of pyridine rings is 1. The number of aromatic nitrogens is 3. The number of aromatic carboxylic acids is 1. The summed E-state index contributed by atoms with van der Waals surface area (Å²) >= 11 is 0. The molecular formula is C31H39N5O6Si. The minimum absolute atomic E-state index is 0.0255. The van der Waals surface area contributed by atoms with Crippen LogP contribution in [0.5, 0.6) is 0 Å². The van der Waals surface area contributed by atoms with Gasteiger partial charge in [-0.15, -0.1) is 0 Å². The molecule has 228 valence electrons. The number of hydrogen-bond donors (Lipinski definition) is 2. The molecule has 1 aromatic carbocycles. The molecule has 1 aliphatic heterocycles. The monoisotopic (exact) mass is 605 g/mol. The number of benzene rings is 1. The van der Waals surface area contributed by atoms with Gasteiger partial charge in [0.15, 0.2) is 5.69 Å². The number of ether oxygens (including phenoxy) is 2. The predicted octanol–water partition coefficient (Wildman–Crippen LogP) is 6.30. The van der Waals surface area contributed by atoms with Crippen LogP contribution in [-0.2, 0) is 22.8 Å². The highest BCUT2D eigenvalue weighted by Crippen LogP contribution is 2.35. The minimum Gasteiger partial charge on any atom is -0.476 e. The molecule has 0 aliphatic carbocycles. The van der Waals surface area contributed by atoms with E-state index in [1.54, 1.807) is 11.1 Å². The molecule has 2 N–H and O–H groups in total. The number of carboxylic acid groups (broad SMARTS) is 1. The van der Waals surface area contributed by atoms with Gasteiger partial charge in [-0.05, 0) is 37.4 Å². The van der Waals surface area contributed by atoms with E-state index in [2.05, 4.69) is 34.9 Å². The molecule has 1 saturated heterocycles. The van der Waals surface area contributed by atoms with Crippen molar-refractivity contribution in [2.75, 3.05) is 18.5 Å². The van der Waals surface area contributed by atoms with Crippen LogP contribution in [-0.4, -0.2) is 69.9 Å². The number of carbonyl (C=O) groups is 2. The summed E-state index contributed by atoms with van der Waals surface area (Å²) in [5.74, 6) is -1.03. The summed E-state index contributed by atoms with van der Waals surface area (Å²) in [7, 11) is -1.22. The van der Waals surface area contributed by atoms with Crippen molar-refractivity contribution in [3.05, 3.63) is 66.3 Å². The molecular weight excluding hydrogens is 566 g/mol. The molecule has 2 atom stereocenters. The quantitative estimate of drug-likeness (QED) is 0.149. The molecule has 0 bridgehead atoms. The number of carboxylic acids is 1. The normalized spacial score (nSPS) is 17.3. The van der Waals surface area contributed by atoms with E-state index in [-0.39, 0.29) is 36.4 Å². The lowest BCUT2D eigenvalue weighted by Gasteiger charge is -2.38. The van der Waals surface area contributed by atoms with E-state index < -0.39 is 14.0 Å². The number of hydrogen-bond acceptors (Lipinski definition) is 8. The highest BCUT2D eigenvalue weighted by molar-refractivity contribution is 6.76. The SMILES string of the molecule is C[C@H]1CC[C@@H](Nc2c(-c3nc(C(=O)O)co3)cnc3c2ccn3COCC[Si](C)(C)C)CN1C(=O)OCc1ccccc1. The van der Waals surface area contributed by atoms with E-state index in [4.69, 9.17) is 13.9 Å². The first kappa shape index (κ1) is 30.3. The zero-order valence-corrected chi connectivity index (χ0v) is 26.1. The van der Waals surface area contributed by atoms with Gasteiger partial charge in [0.05, 0.1) is 11.3 Å². The maximum Gasteiger partial charge on any atom is 0.410 e. The molecule has 0 radical (unpaired) electrons. The van der Waals surface area contributed by atoms with Crippen molar-refractivity contribution in [3.8, 4) is 11.5 Å². The van der Waals surface area contributed by atoms with Gasteiger partial charge in [0.1, 0.15) is 25.2 Å². The number of likely N-dealkylation sites (tertiary alicyclic amines) is 1. The molecule has 0 unspecified atom stereocenters. The molecule has 4 aromatic rings. The third-order valence-electron chi connectivity index (χ3n) is 7.64. The van der Waals surface area contributed by atoms with E-state index in [9.17, 15) is 14.7 Å². The van der Waals surface area contributed by atoms with Crippen molar-refractivity contribution < 1.29 is 28.6 Å². The number of oxazole rings is 1. The lowest BCUT2D eigenvalue weighted by Crippen LogP contribution is -2.49. The molecule has 5 rings (SSSR count). The zero-order chi connectivity index (χ0) is 30.6. The minimum atomic E-state index is -1.22. The average Bonchev–Trinajstić information content (AvgIpc) is 3.63. The number of nitrogens with one attached hydrogen (secondary N) is 1. The van der Waals surface area contributed by atoms with Gasteiger partial charge in [0.25, 0.3) is 0 Å². The van der Waals surface area contributed by atoms with Crippen LogP contribution in [0.3, 0.4) is 0 Å². The fourth-order valence-corrected chi connectivity index (χ4v) is 5.84. The topological polar surface area (TPSA) is 132 Å². The molecule has 12 heteroatoms. The summed E-state index contributed by atoms with van der Waals surface area (Å²) in [6.45, 7) is 10.7. The van der Waals surface area contributed by atoms with Gasteiger partial charge >= 0.3 is 12.1 Å². The summed E-state index contributed by atoms with van der Waals surface area (Å²) < 4.78 is 19.2. The Morgan fingerprint density at radius 3 is 2.67 bits per heavy atom. The first-order valence-corrected chi connectivity index (χ1v) is 18.3. The first-order valence-electron chi connectivity index (χ1n) is 14.6. The van der Waals surface area contributed by atoms with Crippen molar-refractivity contribution in [2.24, 2.45) is 0 Å². The fraction of sp³-hybridized carbons (Fsp3) is 0.419. The van der Waals surface area contributed by atoms with Crippen molar-refractivity contribution in [3.63, 3.8) is 0 Å². The van der Waals surface area contributed by atoms with Gasteiger partial charge < -0.3 is 33.8 Å². The lowest BCUT2D eigenvalue weighted by molar-refractivity contribution is 0.0685. The molecule has 1 fully saturated rings. The molecule has 1 aliphatic rings. The van der Waals surface area contributed by atoms with E-state index in [1.807, 2.05) is 54.1 Å². The largest absolute Gasteiger partial charge is 0.476 e. The summed E-state index contributed by atoms with van der Waals surface area (Å²) in [4.78, 5) is 35.2. The Morgan fingerprint density at radius 1 is 1.16 bits per heavy atom. The van der Waals surface area contributed by atoms with Gasteiger partial charge in [0.2, 0.25) is 5.89 Å². The average molecular weight is 606 g/mol. The van der Waals surface area contributed by atoms with Crippen LogP contribution < -0.4 is 5.32 Å². The van der Waals surface area contributed by atoms with Crippen LogP contribution in [0, 0.1) is 0 Å². The fourth-order valence-electron chi connectivity index (χ4n) is 5.08. The Labute approximate surface area is 251 Å². The van der Waals surface area contributed by atoms with Gasteiger partial charge in [-0.25, -0.2) is 19.6 Å². The molecule has 43 heavy (non-hydrogen) atoms. The van der Waals surface area contributed by atoms with E-state index in [0.717, 1.165) is 36.1 Å².